The lowest BCUT2D eigenvalue weighted by Crippen LogP contribution is -2.45. The van der Waals surface area contributed by atoms with Gasteiger partial charge in [0, 0.05) is 6.54 Å². The average Bonchev–Trinajstić information content (AvgIpc) is 2.84. The van der Waals surface area contributed by atoms with Crippen LogP contribution in [0.4, 0.5) is 0 Å². The highest BCUT2D eigenvalue weighted by molar-refractivity contribution is 4.98. The minimum Gasteiger partial charge on any atom is -0.388 e. The van der Waals surface area contributed by atoms with Gasteiger partial charge in [0.25, 0.3) is 0 Å². The minimum absolute atomic E-state index is 0.347. The highest BCUT2D eigenvalue weighted by Gasteiger charge is 2.45. The summed E-state index contributed by atoms with van der Waals surface area (Å²) in [4.78, 5) is 0. The molecule has 1 rings (SSSR count). The van der Waals surface area contributed by atoms with Gasteiger partial charge < -0.3 is 10.8 Å². The maximum atomic E-state index is 10.1. The van der Waals surface area contributed by atoms with Crippen molar-refractivity contribution in [1.82, 2.24) is 0 Å². The van der Waals surface area contributed by atoms with E-state index in [2.05, 4.69) is 13.8 Å². The van der Waals surface area contributed by atoms with Crippen LogP contribution in [0.5, 0.6) is 0 Å². The Morgan fingerprint density at radius 1 is 1.64 bits per heavy atom. The van der Waals surface area contributed by atoms with E-state index in [9.17, 15) is 5.11 Å². The summed E-state index contributed by atoms with van der Waals surface area (Å²) in [5, 5.41) is 10.1. The maximum Gasteiger partial charge on any atom is 0.0822 e. The minimum atomic E-state index is -0.561. The first-order valence-corrected chi connectivity index (χ1v) is 4.57. The van der Waals surface area contributed by atoms with Crippen molar-refractivity contribution in [3.05, 3.63) is 0 Å². The van der Waals surface area contributed by atoms with Gasteiger partial charge in [-0.3, -0.25) is 0 Å². The maximum absolute atomic E-state index is 10.1. The standard InChI is InChI=1S/C9H19NO/c1-3-7(2)9(11,6-10)8-4-5-8/h7-8,11H,3-6,10H2,1-2H3. The van der Waals surface area contributed by atoms with Crippen molar-refractivity contribution in [3.63, 3.8) is 0 Å². The van der Waals surface area contributed by atoms with Crippen molar-refractivity contribution in [2.24, 2.45) is 17.6 Å². The van der Waals surface area contributed by atoms with Gasteiger partial charge in [-0.1, -0.05) is 20.3 Å². The van der Waals surface area contributed by atoms with Crippen molar-refractivity contribution in [1.29, 1.82) is 0 Å². The second-order valence-corrected chi connectivity index (χ2v) is 3.78. The molecule has 2 heteroatoms. The molecular formula is C9H19NO. The molecule has 1 aliphatic carbocycles. The Bertz CT molecular complexity index is 134. The van der Waals surface area contributed by atoms with Crippen molar-refractivity contribution < 1.29 is 5.11 Å². The van der Waals surface area contributed by atoms with E-state index in [0.29, 0.717) is 18.4 Å². The van der Waals surface area contributed by atoms with Crippen molar-refractivity contribution >= 4 is 0 Å². The van der Waals surface area contributed by atoms with Crippen LogP contribution in [0.2, 0.25) is 0 Å². The zero-order chi connectivity index (χ0) is 8.48. The van der Waals surface area contributed by atoms with Gasteiger partial charge >= 0.3 is 0 Å². The lowest BCUT2D eigenvalue weighted by Gasteiger charge is -2.32. The molecule has 0 radical (unpaired) electrons. The number of rotatable bonds is 4. The van der Waals surface area contributed by atoms with Gasteiger partial charge in [-0.25, -0.2) is 0 Å². The summed E-state index contributed by atoms with van der Waals surface area (Å²) < 4.78 is 0. The van der Waals surface area contributed by atoms with E-state index in [1.54, 1.807) is 0 Å². The summed E-state index contributed by atoms with van der Waals surface area (Å²) in [5.74, 6) is 0.836. The molecule has 0 amide bonds. The molecule has 0 saturated heterocycles. The molecular weight excluding hydrogens is 138 g/mol. The Hall–Kier alpha value is -0.0800. The second kappa shape index (κ2) is 3.11. The van der Waals surface area contributed by atoms with Gasteiger partial charge in [-0.2, -0.15) is 0 Å². The molecule has 2 atom stereocenters. The normalized spacial score (nSPS) is 26.2. The van der Waals surface area contributed by atoms with Gasteiger partial charge in [-0.05, 0) is 24.7 Å². The first-order valence-electron chi connectivity index (χ1n) is 4.57. The van der Waals surface area contributed by atoms with Gasteiger partial charge in [0.2, 0.25) is 0 Å². The van der Waals surface area contributed by atoms with Gasteiger partial charge in [-0.15, -0.1) is 0 Å². The summed E-state index contributed by atoms with van der Waals surface area (Å²) in [5.41, 5.74) is 5.01. The summed E-state index contributed by atoms with van der Waals surface area (Å²) in [6.07, 6.45) is 3.35. The molecule has 0 spiro atoms. The van der Waals surface area contributed by atoms with E-state index in [-0.39, 0.29) is 0 Å². The smallest absolute Gasteiger partial charge is 0.0822 e. The Kier molecular flexibility index (Phi) is 2.55. The van der Waals surface area contributed by atoms with E-state index in [4.69, 9.17) is 5.73 Å². The molecule has 2 unspecified atom stereocenters. The molecule has 1 saturated carbocycles. The first kappa shape index (κ1) is 9.01. The number of nitrogens with two attached hydrogens (primary N) is 1. The number of hydrogen-bond acceptors (Lipinski definition) is 2. The highest BCUT2D eigenvalue weighted by Crippen LogP contribution is 2.43. The van der Waals surface area contributed by atoms with Crippen LogP contribution in [0.1, 0.15) is 33.1 Å². The molecule has 2 nitrogen and oxygen atoms in total. The average molecular weight is 157 g/mol. The summed E-state index contributed by atoms with van der Waals surface area (Å²) in [6.45, 7) is 4.62. The molecule has 0 aromatic heterocycles. The van der Waals surface area contributed by atoms with Crippen LogP contribution in [-0.2, 0) is 0 Å². The quantitative estimate of drug-likeness (QED) is 0.642. The van der Waals surface area contributed by atoms with Crippen LogP contribution in [-0.4, -0.2) is 17.3 Å². The molecule has 3 N–H and O–H groups in total. The zero-order valence-corrected chi connectivity index (χ0v) is 7.51. The predicted molar refractivity (Wildman–Crippen MR) is 46.2 cm³/mol. The fourth-order valence-electron chi connectivity index (χ4n) is 1.71. The van der Waals surface area contributed by atoms with Crippen LogP contribution in [0.25, 0.3) is 0 Å². The lowest BCUT2D eigenvalue weighted by molar-refractivity contribution is -0.0255. The van der Waals surface area contributed by atoms with E-state index >= 15 is 0 Å². The predicted octanol–water partition coefficient (Wildman–Crippen LogP) is 1.13. The van der Waals surface area contributed by atoms with Gasteiger partial charge in [0.1, 0.15) is 0 Å². The number of aliphatic hydroxyl groups is 1. The van der Waals surface area contributed by atoms with Crippen LogP contribution in [0.15, 0.2) is 0 Å². The third-order valence-corrected chi connectivity index (χ3v) is 3.08. The van der Waals surface area contributed by atoms with Gasteiger partial charge in [0.05, 0.1) is 5.60 Å². The molecule has 0 aromatic rings. The SMILES string of the molecule is CCC(C)C(O)(CN)C1CC1. The van der Waals surface area contributed by atoms with Crippen LogP contribution < -0.4 is 5.73 Å². The molecule has 66 valence electrons. The summed E-state index contributed by atoms with van der Waals surface area (Å²) in [7, 11) is 0. The molecule has 0 aromatic carbocycles. The monoisotopic (exact) mass is 157 g/mol. The molecule has 11 heavy (non-hydrogen) atoms. The van der Waals surface area contributed by atoms with E-state index < -0.39 is 5.60 Å². The Morgan fingerprint density at radius 2 is 2.18 bits per heavy atom. The molecule has 0 heterocycles. The first-order chi connectivity index (χ1) is 5.15. The Balaban J connectivity index is 2.56. The third-order valence-electron chi connectivity index (χ3n) is 3.08. The molecule has 1 fully saturated rings. The van der Waals surface area contributed by atoms with Crippen LogP contribution in [0, 0.1) is 11.8 Å². The molecule has 1 aliphatic rings. The molecule has 0 aliphatic heterocycles. The lowest BCUT2D eigenvalue weighted by atomic mass is 9.83. The van der Waals surface area contributed by atoms with Gasteiger partial charge in [0.15, 0.2) is 0 Å². The fraction of sp³-hybridized carbons (Fsp3) is 1.00. The number of hydrogen-bond donors (Lipinski definition) is 2. The fourth-order valence-corrected chi connectivity index (χ4v) is 1.71. The van der Waals surface area contributed by atoms with E-state index in [0.717, 1.165) is 19.3 Å². The van der Waals surface area contributed by atoms with E-state index in [1.165, 1.54) is 0 Å². The van der Waals surface area contributed by atoms with Crippen molar-refractivity contribution in [2.75, 3.05) is 6.54 Å². The van der Waals surface area contributed by atoms with Crippen molar-refractivity contribution in [2.45, 2.75) is 38.7 Å². The van der Waals surface area contributed by atoms with Crippen LogP contribution >= 0.6 is 0 Å². The summed E-state index contributed by atoms with van der Waals surface area (Å²) in [6, 6.07) is 0. The topological polar surface area (TPSA) is 46.2 Å². The van der Waals surface area contributed by atoms with Crippen LogP contribution in [0.3, 0.4) is 0 Å². The summed E-state index contributed by atoms with van der Waals surface area (Å²) >= 11 is 0. The second-order valence-electron chi connectivity index (χ2n) is 3.78. The largest absolute Gasteiger partial charge is 0.388 e. The van der Waals surface area contributed by atoms with Crippen molar-refractivity contribution in [3.8, 4) is 0 Å². The Labute approximate surface area is 68.8 Å². The Morgan fingerprint density at radius 3 is 2.45 bits per heavy atom. The third kappa shape index (κ3) is 1.57. The zero-order valence-electron chi connectivity index (χ0n) is 7.51. The van der Waals surface area contributed by atoms with E-state index in [1.807, 2.05) is 0 Å². The molecule has 0 bridgehead atoms. The highest BCUT2D eigenvalue weighted by atomic mass is 16.3.